The molecule has 4 N–H and O–H groups in total. The van der Waals surface area contributed by atoms with Gasteiger partial charge in [-0.15, -0.1) is 0 Å². The largest absolute Gasteiger partial charge is 0.478 e. The van der Waals surface area contributed by atoms with E-state index in [1.54, 1.807) is 0 Å². The van der Waals surface area contributed by atoms with Crippen molar-refractivity contribution in [2.75, 3.05) is 5.32 Å². The van der Waals surface area contributed by atoms with Gasteiger partial charge in [-0.1, -0.05) is 26.8 Å². The van der Waals surface area contributed by atoms with Crippen molar-refractivity contribution in [2.45, 2.75) is 33.2 Å². The summed E-state index contributed by atoms with van der Waals surface area (Å²) in [6.45, 7) is 5.66. The van der Waals surface area contributed by atoms with Crippen molar-refractivity contribution >= 4 is 17.6 Å². The van der Waals surface area contributed by atoms with E-state index in [0.717, 1.165) is 6.07 Å². The molecular formula is C14H19FN2O3. The normalized spacial score (nSPS) is 12.8. The zero-order chi connectivity index (χ0) is 15.5. The summed E-state index contributed by atoms with van der Waals surface area (Å²) >= 11 is 0. The van der Waals surface area contributed by atoms with Crippen molar-refractivity contribution in [2.24, 2.45) is 11.1 Å². The van der Waals surface area contributed by atoms with Crippen LogP contribution in [0.3, 0.4) is 0 Å². The standard InChI is InChI=1S/C14H19FN2O3/c1-14(2,3)10(16)7-11(18)17-12-8(13(19)20)5-4-6-9(12)15/h4-6,10H,7,16H2,1-3H3,(H,17,18)(H,19,20). The SMILES string of the molecule is CC(C)(C)C(N)CC(=O)Nc1c(F)cccc1C(=O)O. The number of carboxylic acid groups (broad SMARTS) is 1. The van der Waals surface area contributed by atoms with Gasteiger partial charge in [-0.2, -0.15) is 0 Å². The predicted molar refractivity (Wildman–Crippen MR) is 74.0 cm³/mol. The van der Waals surface area contributed by atoms with Crippen LogP contribution in [0, 0.1) is 11.2 Å². The number of aromatic carboxylic acids is 1. The van der Waals surface area contributed by atoms with Crippen LogP contribution in [0.2, 0.25) is 0 Å². The number of carbonyl (C=O) groups is 2. The summed E-state index contributed by atoms with van der Waals surface area (Å²) < 4.78 is 13.6. The molecule has 1 atom stereocenters. The van der Waals surface area contributed by atoms with Crippen LogP contribution < -0.4 is 11.1 Å². The average Bonchev–Trinajstić information content (AvgIpc) is 2.30. The third-order valence-corrected chi connectivity index (χ3v) is 3.03. The molecule has 6 heteroatoms. The molecule has 0 aliphatic carbocycles. The van der Waals surface area contributed by atoms with Crippen LogP contribution in [0.1, 0.15) is 37.6 Å². The number of nitrogens with one attached hydrogen (secondary N) is 1. The molecule has 0 bridgehead atoms. The summed E-state index contributed by atoms with van der Waals surface area (Å²) in [4.78, 5) is 22.8. The van der Waals surface area contributed by atoms with Crippen LogP contribution in [0.15, 0.2) is 18.2 Å². The Balaban J connectivity index is 2.89. The topological polar surface area (TPSA) is 92.4 Å². The van der Waals surface area contributed by atoms with Crippen molar-refractivity contribution < 1.29 is 19.1 Å². The number of halogens is 1. The number of benzene rings is 1. The number of para-hydroxylation sites is 1. The monoisotopic (exact) mass is 282 g/mol. The molecule has 0 aromatic heterocycles. The Morgan fingerprint density at radius 1 is 1.40 bits per heavy atom. The fraction of sp³-hybridized carbons (Fsp3) is 0.429. The lowest BCUT2D eigenvalue weighted by atomic mass is 9.85. The van der Waals surface area contributed by atoms with Gasteiger partial charge in [0.2, 0.25) is 5.91 Å². The van der Waals surface area contributed by atoms with Crippen molar-refractivity contribution in [1.82, 2.24) is 0 Å². The number of anilines is 1. The molecular weight excluding hydrogens is 263 g/mol. The van der Waals surface area contributed by atoms with Gasteiger partial charge in [-0.05, 0) is 17.5 Å². The summed E-state index contributed by atoms with van der Waals surface area (Å²) in [5.74, 6) is -2.61. The van der Waals surface area contributed by atoms with Gasteiger partial charge >= 0.3 is 5.97 Å². The summed E-state index contributed by atoms with van der Waals surface area (Å²) in [5, 5.41) is 11.3. The third kappa shape index (κ3) is 4.03. The Bertz CT molecular complexity index is 524. The molecule has 1 rings (SSSR count). The van der Waals surface area contributed by atoms with E-state index in [-0.39, 0.29) is 23.1 Å². The van der Waals surface area contributed by atoms with Gasteiger partial charge in [0.15, 0.2) is 0 Å². The minimum atomic E-state index is -1.31. The van der Waals surface area contributed by atoms with E-state index < -0.39 is 23.7 Å². The first-order valence-electron chi connectivity index (χ1n) is 6.20. The molecule has 1 unspecified atom stereocenters. The molecule has 0 aliphatic rings. The number of nitrogens with two attached hydrogens (primary N) is 1. The maximum absolute atomic E-state index is 13.6. The quantitative estimate of drug-likeness (QED) is 0.789. The molecule has 0 aliphatic heterocycles. The van der Waals surface area contributed by atoms with Gasteiger partial charge in [-0.25, -0.2) is 9.18 Å². The second-order valence-electron chi connectivity index (χ2n) is 5.69. The number of hydrogen-bond donors (Lipinski definition) is 3. The second kappa shape index (κ2) is 6.00. The van der Waals surface area contributed by atoms with Crippen LogP contribution in [-0.2, 0) is 4.79 Å². The third-order valence-electron chi connectivity index (χ3n) is 3.03. The van der Waals surface area contributed by atoms with E-state index in [2.05, 4.69) is 5.32 Å². The smallest absolute Gasteiger partial charge is 0.337 e. The van der Waals surface area contributed by atoms with Crippen LogP contribution in [0.5, 0.6) is 0 Å². The molecule has 5 nitrogen and oxygen atoms in total. The van der Waals surface area contributed by atoms with Gasteiger partial charge in [-0.3, -0.25) is 4.79 Å². The zero-order valence-electron chi connectivity index (χ0n) is 11.7. The molecule has 0 saturated carbocycles. The maximum atomic E-state index is 13.6. The fourth-order valence-corrected chi connectivity index (χ4v) is 1.53. The molecule has 1 aromatic rings. The highest BCUT2D eigenvalue weighted by molar-refractivity contribution is 6.00. The number of amides is 1. The number of carboxylic acids is 1. The number of hydrogen-bond acceptors (Lipinski definition) is 3. The van der Waals surface area contributed by atoms with Gasteiger partial charge in [0, 0.05) is 12.5 Å². The summed E-state index contributed by atoms with van der Waals surface area (Å²) in [5.41, 5.74) is 4.98. The van der Waals surface area contributed by atoms with Crippen LogP contribution >= 0.6 is 0 Å². The second-order valence-corrected chi connectivity index (χ2v) is 5.69. The highest BCUT2D eigenvalue weighted by atomic mass is 19.1. The molecule has 1 aromatic carbocycles. The predicted octanol–water partition coefficient (Wildman–Crippen LogP) is 2.23. The number of carbonyl (C=O) groups excluding carboxylic acids is 1. The van der Waals surface area contributed by atoms with Crippen molar-refractivity contribution in [3.63, 3.8) is 0 Å². The first-order valence-corrected chi connectivity index (χ1v) is 6.20. The Morgan fingerprint density at radius 3 is 2.50 bits per heavy atom. The highest BCUT2D eigenvalue weighted by Gasteiger charge is 2.24. The van der Waals surface area contributed by atoms with Crippen molar-refractivity contribution in [1.29, 1.82) is 0 Å². The fourth-order valence-electron chi connectivity index (χ4n) is 1.53. The van der Waals surface area contributed by atoms with Crippen molar-refractivity contribution in [3.05, 3.63) is 29.6 Å². The van der Waals surface area contributed by atoms with E-state index in [1.165, 1.54) is 12.1 Å². The highest BCUT2D eigenvalue weighted by Crippen LogP contribution is 2.23. The van der Waals surface area contributed by atoms with Crippen LogP contribution in [0.25, 0.3) is 0 Å². The lowest BCUT2D eigenvalue weighted by molar-refractivity contribution is -0.117. The number of rotatable bonds is 4. The summed E-state index contributed by atoms with van der Waals surface area (Å²) in [6.07, 6.45) is -0.0170. The van der Waals surface area contributed by atoms with Crippen LogP contribution in [-0.4, -0.2) is 23.0 Å². The molecule has 0 fully saturated rings. The van der Waals surface area contributed by atoms with Gasteiger partial charge in [0.05, 0.1) is 11.3 Å². The Hall–Kier alpha value is -1.95. The van der Waals surface area contributed by atoms with Crippen LogP contribution in [0.4, 0.5) is 10.1 Å². The van der Waals surface area contributed by atoms with Crippen molar-refractivity contribution in [3.8, 4) is 0 Å². The van der Waals surface area contributed by atoms with Gasteiger partial charge < -0.3 is 16.2 Å². The van der Waals surface area contributed by atoms with E-state index >= 15 is 0 Å². The molecule has 1 amide bonds. The molecule has 0 radical (unpaired) electrons. The Morgan fingerprint density at radius 2 is 2.00 bits per heavy atom. The molecule has 0 saturated heterocycles. The molecule has 0 heterocycles. The van der Waals surface area contributed by atoms with Gasteiger partial charge in [0.1, 0.15) is 5.82 Å². The van der Waals surface area contributed by atoms with Gasteiger partial charge in [0.25, 0.3) is 0 Å². The molecule has 110 valence electrons. The Labute approximate surface area is 117 Å². The lowest BCUT2D eigenvalue weighted by Crippen LogP contribution is -2.38. The molecule has 20 heavy (non-hydrogen) atoms. The lowest BCUT2D eigenvalue weighted by Gasteiger charge is -2.26. The minimum absolute atomic E-state index is 0.0170. The maximum Gasteiger partial charge on any atom is 0.337 e. The van der Waals surface area contributed by atoms with E-state index in [4.69, 9.17) is 10.8 Å². The first-order chi connectivity index (χ1) is 9.12. The van der Waals surface area contributed by atoms with E-state index in [9.17, 15) is 14.0 Å². The minimum Gasteiger partial charge on any atom is -0.478 e. The molecule has 0 spiro atoms. The average molecular weight is 282 g/mol. The van der Waals surface area contributed by atoms with E-state index in [1.807, 2.05) is 20.8 Å². The van der Waals surface area contributed by atoms with E-state index in [0.29, 0.717) is 0 Å². The summed E-state index contributed by atoms with van der Waals surface area (Å²) in [6, 6.07) is 3.17. The summed E-state index contributed by atoms with van der Waals surface area (Å²) in [7, 11) is 0. The zero-order valence-corrected chi connectivity index (χ0v) is 11.7. The Kier molecular flexibility index (Phi) is 4.83. The first kappa shape index (κ1) is 16.1.